The summed E-state index contributed by atoms with van der Waals surface area (Å²) >= 11 is 0. The predicted octanol–water partition coefficient (Wildman–Crippen LogP) is 3.00. The molecule has 0 spiro atoms. The van der Waals surface area contributed by atoms with Crippen LogP contribution in [0.5, 0.6) is 11.5 Å². The third-order valence-electron chi connectivity index (χ3n) is 4.73. The molecule has 0 saturated heterocycles. The zero-order valence-corrected chi connectivity index (χ0v) is 15.7. The van der Waals surface area contributed by atoms with Crippen molar-refractivity contribution in [2.75, 3.05) is 18.5 Å². The highest BCUT2D eigenvalue weighted by molar-refractivity contribution is 5.93. The molecule has 0 aliphatic carbocycles. The van der Waals surface area contributed by atoms with Gasteiger partial charge in [-0.1, -0.05) is 6.07 Å². The van der Waals surface area contributed by atoms with Gasteiger partial charge in [0.1, 0.15) is 13.2 Å². The lowest BCUT2D eigenvalue weighted by atomic mass is 10.1. The van der Waals surface area contributed by atoms with Gasteiger partial charge in [-0.25, -0.2) is 9.50 Å². The average molecular weight is 366 g/mol. The molecule has 1 aliphatic rings. The lowest BCUT2D eigenvalue weighted by Crippen LogP contribution is -2.19. The van der Waals surface area contributed by atoms with E-state index in [2.05, 4.69) is 15.4 Å². The Morgan fingerprint density at radius 1 is 1.22 bits per heavy atom. The fourth-order valence-corrected chi connectivity index (χ4v) is 3.43. The van der Waals surface area contributed by atoms with Crippen molar-refractivity contribution in [1.29, 1.82) is 0 Å². The number of nitrogens with zero attached hydrogens (tertiary/aromatic N) is 3. The van der Waals surface area contributed by atoms with Gasteiger partial charge in [-0.05, 0) is 44.9 Å². The van der Waals surface area contributed by atoms with Gasteiger partial charge in [-0.3, -0.25) is 4.79 Å². The number of fused-ring (bicyclic) bond motifs is 2. The highest BCUT2D eigenvalue weighted by Crippen LogP contribution is 2.37. The summed E-state index contributed by atoms with van der Waals surface area (Å²) in [4.78, 5) is 17.1. The van der Waals surface area contributed by atoms with Crippen molar-refractivity contribution in [1.82, 2.24) is 14.6 Å². The second-order valence-corrected chi connectivity index (χ2v) is 6.69. The van der Waals surface area contributed by atoms with Crippen LogP contribution in [0.4, 0.5) is 5.69 Å². The standard InChI is InChI=1S/C20H22N4O3/c1-12-11-18-21-13(2)15(14(3)24(18)23-12)7-8-19(25)22-16-5-4-6-17-20(16)27-10-9-26-17/h4-6,11H,7-10H2,1-3H3,(H,22,25). The van der Waals surface area contributed by atoms with Gasteiger partial charge in [-0.15, -0.1) is 0 Å². The SMILES string of the molecule is Cc1cc2nc(C)c(CCC(=O)Nc3cccc4c3OCCO4)c(C)n2n1. The number of ether oxygens (including phenoxy) is 2. The summed E-state index contributed by atoms with van der Waals surface area (Å²) in [6.45, 7) is 6.93. The van der Waals surface area contributed by atoms with E-state index in [9.17, 15) is 4.79 Å². The number of hydrogen-bond donors (Lipinski definition) is 1. The molecule has 3 aromatic rings. The first kappa shape index (κ1) is 17.3. The quantitative estimate of drug-likeness (QED) is 0.768. The molecule has 4 rings (SSSR count). The second kappa shape index (κ2) is 6.90. The summed E-state index contributed by atoms with van der Waals surface area (Å²) in [5, 5.41) is 7.41. The van der Waals surface area contributed by atoms with Gasteiger partial charge in [0.2, 0.25) is 5.91 Å². The van der Waals surface area contributed by atoms with E-state index in [1.54, 1.807) is 0 Å². The number of nitrogens with one attached hydrogen (secondary N) is 1. The van der Waals surface area contributed by atoms with Crippen LogP contribution in [0.15, 0.2) is 24.3 Å². The predicted molar refractivity (Wildman–Crippen MR) is 102 cm³/mol. The molecule has 1 aliphatic heterocycles. The number of para-hydroxylation sites is 1. The van der Waals surface area contributed by atoms with Gasteiger partial charge >= 0.3 is 0 Å². The van der Waals surface area contributed by atoms with Crippen molar-refractivity contribution in [2.45, 2.75) is 33.6 Å². The van der Waals surface area contributed by atoms with Crippen molar-refractivity contribution >= 4 is 17.2 Å². The van der Waals surface area contributed by atoms with Crippen LogP contribution >= 0.6 is 0 Å². The first-order valence-electron chi connectivity index (χ1n) is 9.04. The van der Waals surface area contributed by atoms with Gasteiger partial charge in [0.25, 0.3) is 0 Å². The molecule has 0 saturated carbocycles. The van der Waals surface area contributed by atoms with Crippen molar-refractivity contribution in [2.24, 2.45) is 0 Å². The molecule has 3 heterocycles. The lowest BCUT2D eigenvalue weighted by Gasteiger charge is -2.21. The van der Waals surface area contributed by atoms with E-state index in [1.165, 1.54) is 0 Å². The van der Waals surface area contributed by atoms with E-state index >= 15 is 0 Å². The number of hydrogen-bond acceptors (Lipinski definition) is 5. The van der Waals surface area contributed by atoms with Crippen LogP contribution in [0, 0.1) is 20.8 Å². The number of carbonyl (C=O) groups excluding carboxylic acids is 1. The van der Waals surface area contributed by atoms with E-state index < -0.39 is 0 Å². The zero-order chi connectivity index (χ0) is 19.0. The van der Waals surface area contributed by atoms with Crippen molar-refractivity contribution in [3.05, 3.63) is 46.9 Å². The molecule has 1 amide bonds. The number of benzene rings is 1. The minimum Gasteiger partial charge on any atom is -0.486 e. The fourth-order valence-electron chi connectivity index (χ4n) is 3.43. The van der Waals surface area contributed by atoms with Crippen LogP contribution in [0.2, 0.25) is 0 Å². The Morgan fingerprint density at radius 3 is 2.89 bits per heavy atom. The Hall–Kier alpha value is -3.09. The topological polar surface area (TPSA) is 77.8 Å². The maximum atomic E-state index is 12.5. The van der Waals surface area contributed by atoms with Crippen LogP contribution in [-0.4, -0.2) is 33.7 Å². The highest BCUT2D eigenvalue weighted by Gasteiger charge is 2.18. The maximum Gasteiger partial charge on any atom is 0.224 e. The zero-order valence-electron chi connectivity index (χ0n) is 15.7. The minimum absolute atomic E-state index is 0.0758. The van der Waals surface area contributed by atoms with Crippen LogP contribution in [-0.2, 0) is 11.2 Å². The molecule has 27 heavy (non-hydrogen) atoms. The molecular formula is C20H22N4O3. The maximum absolute atomic E-state index is 12.5. The van der Waals surface area contributed by atoms with Crippen LogP contribution in [0.1, 0.15) is 29.1 Å². The molecule has 0 unspecified atom stereocenters. The summed E-state index contributed by atoms with van der Waals surface area (Å²) in [6, 6.07) is 7.46. The first-order valence-corrected chi connectivity index (χ1v) is 9.04. The molecule has 7 heteroatoms. The Morgan fingerprint density at radius 2 is 2.04 bits per heavy atom. The van der Waals surface area contributed by atoms with E-state index in [-0.39, 0.29) is 5.91 Å². The molecule has 0 fully saturated rings. The Balaban J connectivity index is 1.49. The molecule has 140 valence electrons. The van der Waals surface area contributed by atoms with Crippen LogP contribution in [0.25, 0.3) is 5.65 Å². The number of amides is 1. The van der Waals surface area contributed by atoms with Crippen LogP contribution < -0.4 is 14.8 Å². The smallest absolute Gasteiger partial charge is 0.224 e. The van der Waals surface area contributed by atoms with Gasteiger partial charge in [0.15, 0.2) is 17.1 Å². The molecule has 0 bridgehead atoms. The summed E-state index contributed by atoms with van der Waals surface area (Å²) in [5.41, 5.74) is 5.41. The molecule has 0 radical (unpaired) electrons. The van der Waals surface area contributed by atoms with Gasteiger partial charge < -0.3 is 14.8 Å². The van der Waals surface area contributed by atoms with Crippen molar-refractivity contribution < 1.29 is 14.3 Å². The number of carbonyl (C=O) groups is 1. The minimum atomic E-state index is -0.0758. The molecule has 2 aromatic heterocycles. The molecule has 7 nitrogen and oxygen atoms in total. The van der Waals surface area contributed by atoms with E-state index in [1.807, 2.05) is 49.6 Å². The number of aryl methyl sites for hydroxylation is 3. The van der Waals surface area contributed by atoms with E-state index in [0.29, 0.717) is 43.2 Å². The Kier molecular flexibility index (Phi) is 4.43. The largest absolute Gasteiger partial charge is 0.486 e. The van der Waals surface area contributed by atoms with Crippen molar-refractivity contribution in [3.8, 4) is 11.5 Å². The fraction of sp³-hybridized carbons (Fsp3) is 0.350. The average Bonchev–Trinajstić information content (AvgIpc) is 3.02. The second-order valence-electron chi connectivity index (χ2n) is 6.69. The number of rotatable bonds is 4. The normalized spacial score (nSPS) is 13.0. The molecular weight excluding hydrogens is 344 g/mol. The van der Waals surface area contributed by atoms with Gasteiger partial charge in [0, 0.05) is 23.9 Å². The number of aromatic nitrogens is 3. The molecule has 0 atom stereocenters. The van der Waals surface area contributed by atoms with Gasteiger partial charge in [-0.2, -0.15) is 5.10 Å². The van der Waals surface area contributed by atoms with E-state index in [4.69, 9.17) is 9.47 Å². The van der Waals surface area contributed by atoms with E-state index in [0.717, 1.165) is 28.3 Å². The van der Waals surface area contributed by atoms with Gasteiger partial charge in [0.05, 0.1) is 11.4 Å². The number of anilines is 1. The summed E-state index contributed by atoms with van der Waals surface area (Å²) < 4.78 is 13.0. The third kappa shape index (κ3) is 3.32. The summed E-state index contributed by atoms with van der Waals surface area (Å²) in [7, 11) is 0. The Bertz CT molecular complexity index is 1030. The molecule has 1 aromatic carbocycles. The summed E-state index contributed by atoms with van der Waals surface area (Å²) in [6.07, 6.45) is 0.942. The third-order valence-corrected chi connectivity index (χ3v) is 4.73. The van der Waals surface area contributed by atoms with Crippen molar-refractivity contribution in [3.63, 3.8) is 0 Å². The highest BCUT2D eigenvalue weighted by atomic mass is 16.6. The lowest BCUT2D eigenvalue weighted by molar-refractivity contribution is -0.116. The monoisotopic (exact) mass is 366 g/mol. The molecule has 1 N–H and O–H groups in total. The first-order chi connectivity index (χ1) is 13.0. The summed E-state index contributed by atoms with van der Waals surface area (Å²) in [5.74, 6) is 1.18. The Labute approximate surface area is 157 Å². The van der Waals surface area contributed by atoms with Crippen LogP contribution in [0.3, 0.4) is 0 Å².